The molecule has 1 aliphatic heterocycles. The molecule has 1 aliphatic rings. The summed E-state index contributed by atoms with van der Waals surface area (Å²) in [5.74, 6) is 0.742. The Kier molecular flexibility index (Phi) is 6.37. The van der Waals surface area contributed by atoms with Crippen LogP contribution in [0.1, 0.15) is 28.5 Å². The second-order valence-corrected chi connectivity index (χ2v) is 8.02. The number of aromatic nitrogens is 3. The molecular weight excluding hydrogens is 421 g/mol. The van der Waals surface area contributed by atoms with Crippen LogP contribution in [0.3, 0.4) is 0 Å². The number of pyridine rings is 1. The molecule has 0 radical (unpaired) electrons. The van der Waals surface area contributed by atoms with E-state index in [4.69, 9.17) is 23.2 Å². The average Bonchev–Trinajstić information content (AvgIpc) is 3.22. The molecule has 1 fully saturated rings. The molecule has 1 aromatic carbocycles. The Balaban J connectivity index is 1.44. The average molecular weight is 444 g/mol. The molecular formula is C22H23Cl2N5O. The van der Waals surface area contributed by atoms with Gasteiger partial charge in [0, 0.05) is 38.9 Å². The summed E-state index contributed by atoms with van der Waals surface area (Å²) in [5.41, 5.74) is 2.54. The number of halogens is 2. The molecule has 6 nitrogen and oxygen atoms in total. The van der Waals surface area contributed by atoms with Crippen LogP contribution in [0, 0.1) is 0 Å². The lowest BCUT2D eigenvalue weighted by Gasteiger charge is -2.35. The van der Waals surface area contributed by atoms with Gasteiger partial charge in [-0.3, -0.25) is 9.69 Å². The van der Waals surface area contributed by atoms with Crippen LogP contribution >= 0.6 is 23.2 Å². The van der Waals surface area contributed by atoms with Crippen LogP contribution in [-0.2, 0) is 13.0 Å². The van der Waals surface area contributed by atoms with E-state index >= 15 is 0 Å². The minimum Gasteiger partial charge on any atom is -0.336 e. The standard InChI is InChI=1S/C22H23Cl2N5O/c1-2-19-17(14-26-29(19)20-8-3-4-9-25-20)22(30)28-12-10-27(11-13-28)15-16-6-5-7-18(23)21(16)24/h3-9,14H,2,10-13,15H2,1H3. The molecule has 0 unspecified atom stereocenters. The fourth-order valence-corrected chi connectivity index (χ4v) is 4.14. The molecule has 30 heavy (non-hydrogen) atoms. The first-order valence-electron chi connectivity index (χ1n) is 10.0. The Labute approximate surface area is 186 Å². The van der Waals surface area contributed by atoms with E-state index in [-0.39, 0.29) is 5.91 Å². The van der Waals surface area contributed by atoms with Gasteiger partial charge in [0.15, 0.2) is 5.82 Å². The predicted molar refractivity (Wildman–Crippen MR) is 118 cm³/mol. The van der Waals surface area contributed by atoms with Gasteiger partial charge in [-0.15, -0.1) is 0 Å². The fraction of sp³-hybridized carbons (Fsp3) is 0.318. The van der Waals surface area contributed by atoms with Crippen molar-refractivity contribution in [3.63, 3.8) is 0 Å². The number of piperazine rings is 1. The normalized spacial score (nSPS) is 14.8. The van der Waals surface area contributed by atoms with E-state index < -0.39 is 0 Å². The molecule has 0 spiro atoms. The first-order valence-corrected chi connectivity index (χ1v) is 10.8. The van der Waals surface area contributed by atoms with Crippen LogP contribution in [0.25, 0.3) is 5.82 Å². The summed E-state index contributed by atoms with van der Waals surface area (Å²) >= 11 is 12.4. The molecule has 0 N–H and O–H groups in total. The van der Waals surface area contributed by atoms with Crippen LogP contribution in [-0.4, -0.2) is 56.7 Å². The number of carbonyl (C=O) groups is 1. The molecule has 1 amide bonds. The number of benzene rings is 1. The number of nitrogens with zero attached hydrogens (tertiary/aromatic N) is 5. The van der Waals surface area contributed by atoms with E-state index in [0.29, 0.717) is 35.1 Å². The lowest BCUT2D eigenvalue weighted by molar-refractivity contribution is 0.0627. The molecule has 156 valence electrons. The Morgan fingerprint density at radius 2 is 1.87 bits per heavy atom. The Morgan fingerprint density at radius 1 is 1.07 bits per heavy atom. The summed E-state index contributed by atoms with van der Waals surface area (Å²) < 4.78 is 1.75. The Morgan fingerprint density at radius 3 is 2.57 bits per heavy atom. The SMILES string of the molecule is CCc1c(C(=O)N2CCN(Cc3cccc(Cl)c3Cl)CC2)cnn1-c1ccccn1. The van der Waals surface area contributed by atoms with Crippen molar-refractivity contribution in [3.05, 3.63) is 75.7 Å². The molecule has 4 rings (SSSR count). The fourth-order valence-electron chi connectivity index (χ4n) is 3.76. The lowest BCUT2D eigenvalue weighted by atomic mass is 10.1. The quantitative estimate of drug-likeness (QED) is 0.595. The van der Waals surface area contributed by atoms with Crippen molar-refractivity contribution in [2.45, 2.75) is 19.9 Å². The van der Waals surface area contributed by atoms with E-state index in [9.17, 15) is 4.79 Å². The third kappa shape index (κ3) is 4.21. The van der Waals surface area contributed by atoms with E-state index in [1.54, 1.807) is 23.1 Å². The number of carbonyl (C=O) groups excluding carboxylic acids is 1. The minimum absolute atomic E-state index is 0.0227. The maximum Gasteiger partial charge on any atom is 0.257 e. The van der Waals surface area contributed by atoms with Gasteiger partial charge in [-0.1, -0.05) is 48.3 Å². The zero-order valence-corrected chi connectivity index (χ0v) is 18.3. The summed E-state index contributed by atoms with van der Waals surface area (Å²) in [5, 5.41) is 5.60. The summed E-state index contributed by atoms with van der Waals surface area (Å²) in [6, 6.07) is 11.4. The highest BCUT2D eigenvalue weighted by Crippen LogP contribution is 2.27. The van der Waals surface area contributed by atoms with Crippen LogP contribution in [0.5, 0.6) is 0 Å². The molecule has 0 bridgehead atoms. The summed E-state index contributed by atoms with van der Waals surface area (Å²) in [7, 11) is 0. The van der Waals surface area contributed by atoms with Gasteiger partial charge >= 0.3 is 0 Å². The van der Waals surface area contributed by atoms with Gasteiger partial charge in [0.1, 0.15) is 0 Å². The summed E-state index contributed by atoms with van der Waals surface area (Å²) in [6.07, 6.45) is 4.09. The molecule has 1 saturated heterocycles. The third-order valence-electron chi connectivity index (χ3n) is 5.39. The maximum absolute atomic E-state index is 13.2. The van der Waals surface area contributed by atoms with Gasteiger partial charge in [-0.25, -0.2) is 9.67 Å². The van der Waals surface area contributed by atoms with Crippen molar-refractivity contribution in [2.75, 3.05) is 26.2 Å². The van der Waals surface area contributed by atoms with Crippen molar-refractivity contribution in [3.8, 4) is 5.82 Å². The van der Waals surface area contributed by atoms with Crippen molar-refractivity contribution in [1.29, 1.82) is 0 Å². The van der Waals surface area contributed by atoms with E-state index in [0.717, 1.165) is 36.7 Å². The van der Waals surface area contributed by atoms with Gasteiger partial charge < -0.3 is 4.90 Å². The second kappa shape index (κ2) is 9.16. The molecule has 3 aromatic rings. The lowest BCUT2D eigenvalue weighted by Crippen LogP contribution is -2.48. The van der Waals surface area contributed by atoms with Gasteiger partial charge in [0.2, 0.25) is 0 Å². The van der Waals surface area contributed by atoms with E-state index in [1.807, 2.05) is 42.2 Å². The number of amides is 1. The van der Waals surface area contributed by atoms with E-state index in [2.05, 4.69) is 15.0 Å². The van der Waals surface area contributed by atoms with Gasteiger partial charge in [0.25, 0.3) is 5.91 Å². The highest BCUT2D eigenvalue weighted by molar-refractivity contribution is 6.42. The molecule has 8 heteroatoms. The van der Waals surface area contributed by atoms with Crippen LogP contribution < -0.4 is 0 Å². The van der Waals surface area contributed by atoms with Crippen molar-refractivity contribution < 1.29 is 4.79 Å². The van der Waals surface area contributed by atoms with Gasteiger partial charge in [-0.2, -0.15) is 5.10 Å². The first-order chi connectivity index (χ1) is 14.6. The largest absolute Gasteiger partial charge is 0.336 e. The van der Waals surface area contributed by atoms with Crippen LogP contribution in [0.2, 0.25) is 10.0 Å². The van der Waals surface area contributed by atoms with Gasteiger partial charge in [0.05, 0.1) is 27.5 Å². The number of rotatable bonds is 5. The Hall–Kier alpha value is -2.41. The number of hydrogen-bond acceptors (Lipinski definition) is 4. The van der Waals surface area contributed by atoms with Crippen molar-refractivity contribution in [2.24, 2.45) is 0 Å². The smallest absolute Gasteiger partial charge is 0.257 e. The topological polar surface area (TPSA) is 54.3 Å². The van der Waals surface area contributed by atoms with Crippen LogP contribution in [0.4, 0.5) is 0 Å². The van der Waals surface area contributed by atoms with Crippen molar-refractivity contribution >= 4 is 29.1 Å². The zero-order chi connectivity index (χ0) is 21.1. The van der Waals surface area contributed by atoms with E-state index in [1.165, 1.54) is 0 Å². The maximum atomic E-state index is 13.2. The second-order valence-electron chi connectivity index (χ2n) is 7.24. The first kappa shape index (κ1) is 20.8. The summed E-state index contributed by atoms with van der Waals surface area (Å²) in [4.78, 5) is 21.7. The van der Waals surface area contributed by atoms with Crippen molar-refractivity contribution in [1.82, 2.24) is 24.6 Å². The van der Waals surface area contributed by atoms with Gasteiger partial charge in [-0.05, 0) is 30.2 Å². The molecule has 0 atom stereocenters. The highest BCUT2D eigenvalue weighted by atomic mass is 35.5. The number of hydrogen-bond donors (Lipinski definition) is 0. The van der Waals surface area contributed by atoms with Crippen LogP contribution in [0.15, 0.2) is 48.8 Å². The Bertz CT molecular complexity index is 1030. The molecule has 0 saturated carbocycles. The third-order valence-corrected chi connectivity index (χ3v) is 6.24. The predicted octanol–water partition coefficient (Wildman–Crippen LogP) is 4.09. The summed E-state index contributed by atoms with van der Waals surface area (Å²) in [6.45, 7) is 5.64. The molecule has 3 heterocycles. The monoisotopic (exact) mass is 443 g/mol. The zero-order valence-electron chi connectivity index (χ0n) is 16.8. The molecule has 2 aromatic heterocycles. The highest BCUT2D eigenvalue weighted by Gasteiger charge is 2.26. The minimum atomic E-state index is 0.0227. The molecule has 0 aliphatic carbocycles.